The fraction of sp³-hybridized carbons (Fsp3) is 0.810. The predicted octanol–water partition coefficient (Wildman–Crippen LogP) is 5.59. The van der Waals surface area contributed by atoms with E-state index < -0.39 is 29.1 Å². The molecule has 25 heavy (non-hydrogen) atoms. The van der Waals surface area contributed by atoms with Gasteiger partial charge in [-0.2, -0.15) is 0 Å². The first-order chi connectivity index (χ1) is 11.5. The van der Waals surface area contributed by atoms with Crippen LogP contribution in [0.3, 0.4) is 0 Å². The number of carbonyl (C=O) groups is 2. The van der Waals surface area contributed by atoms with Crippen molar-refractivity contribution in [1.29, 1.82) is 0 Å². The van der Waals surface area contributed by atoms with Crippen LogP contribution in [0, 0.1) is 5.92 Å². The summed E-state index contributed by atoms with van der Waals surface area (Å²) in [5.41, 5.74) is -1.22. The van der Waals surface area contributed by atoms with Crippen molar-refractivity contribution in [3.8, 4) is 0 Å². The number of unbranched alkanes of at least 4 members (excludes halogenated alkanes) is 6. The van der Waals surface area contributed by atoms with Crippen LogP contribution in [0.25, 0.3) is 0 Å². The van der Waals surface area contributed by atoms with Gasteiger partial charge in [-0.05, 0) is 60.8 Å². The molecule has 146 valence electrons. The Bertz CT molecular complexity index is 385. The summed E-state index contributed by atoms with van der Waals surface area (Å²) in [4.78, 5) is 24.8. The van der Waals surface area contributed by atoms with Crippen LogP contribution in [0.1, 0.15) is 92.9 Å². The van der Waals surface area contributed by atoms with Gasteiger partial charge in [-0.15, -0.1) is 6.58 Å². The van der Waals surface area contributed by atoms with Crippen molar-refractivity contribution in [3.05, 3.63) is 12.7 Å². The van der Waals surface area contributed by atoms with Crippen molar-refractivity contribution >= 4 is 11.9 Å². The number of rotatable bonds is 11. The first-order valence-electron chi connectivity index (χ1n) is 9.53. The molecule has 0 saturated heterocycles. The minimum atomic E-state index is -0.834. The first-order valence-corrected chi connectivity index (χ1v) is 9.53. The van der Waals surface area contributed by atoms with E-state index in [-0.39, 0.29) is 0 Å². The van der Waals surface area contributed by atoms with Crippen molar-refractivity contribution in [2.24, 2.45) is 5.92 Å². The van der Waals surface area contributed by atoms with Gasteiger partial charge < -0.3 is 9.47 Å². The molecule has 0 atom stereocenters. The molecule has 0 aliphatic carbocycles. The Morgan fingerprint density at radius 3 is 1.60 bits per heavy atom. The van der Waals surface area contributed by atoms with Gasteiger partial charge >= 0.3 is 11.9 Å². The van der Waals surface area contributed by atoms with Gasteiger partial charge in [-0.1, -0.05) is 38.2 Å². The molecule has 0 N–H and O–H groups in total. The minimum Gasteiger partial charge on any atom is -0.459 e. The highest BCUT2D eigenvalue weighted by Crippen LogP contribution is 2.21. The highest BCUT2D eigenvalue weighted by atomic mass is 16.6. The Kier molecular flexibility index (Phi) is 10.7. The summed E-state index contributed by atoms with van der Waals surface area (Å²) in [5, 5.41) is 0. The van der Waals surface area contributed by atoms with Crippen LogP contribution in [0.4, 0.5) is 0 Å². The van der Waals surface area contributed by atoms with Crippen LogP contribution in [-0.2, 0) is 19.1 Å². The second kappa shape index (κ2) is 11.3. The molecule has 0 bridgehead atoms. The van der Waals surface area contributed by atoms with Crippen molar-refractivity contribution in [2.45, 2.75) is 104 Å². The lowest BCUT2D eigenvalue weighted by Gasteiger charge is -2.26. The summed E-state index contributed by atoms with van der Waals surface area (Å²) in [5.74, 6) is -1.79. The van der Waals surface area contributed by atoms with E-state index in [0.717, 1.165) is 25.7 Å². The van der Waals surface area contributed by atoms with Gasteiger partial charge in [-0.25, -0.2) is 0 Å². The maximum atomic E-state index is 12.4. The molecule has 4 heteroatoms. The molecule has 0 aromatic carbocycles. The van der Waals surface area contributed by atoms with E-state index in [1.165, 1.54) is 19.3 Å². The second-order valence-corrected chi connectivity index (χ2v) is 8.61. The van der Waals surface area contributed by atoms with Gasteiger partial charge in [0.2, 0.25) is 0 Å². The summed E-state index contributed by atoms with van der Waals surface area (Å²) >= 11 is 0. The number of esters is 2. The summed E-state index contributed by atoms with van der Waals surface area (Å²) < 4.78 is 10.8. The molecular formula is C21H38O4. The van der Waals surface area contributed by atoms with Gasteiger partial charge in [-0.3, -0.25) is 9.59 Å². The number of carbonyl (C=O) groups excluding carboxylic acids is 2. The highest BCUT2D eigenvalue weighted by molar-refractivity contribution is 5.95. The van der Waals surface area contributed by atoms with Crippen LogP contribution in [0.2, 0.25) is 0 Å². The third-order valence-corrected chi connectivity index (χ3v) is 3.53. The monoisotopic (exact) mass is 354 g/mol. The third-order valence-electron chi connectivity index (χ3n) is 3.53. The van der Waals surface area contributed by atoms with Crippen molar-refractivity contribution in [2.75, 3.05) is 0 Å². The van der Waals surface area contributed by atoms with Crippen LogP contribution in [-0.4, -0.2) is 23.1 Å². The largest absolute Gasteiger partial charge is 0.459 e. The number of hydrogen-bond donors (Lipinski definition) is 0. The van der Waals surface area contributed by atoms with Crippen molar-refractivity contribution in [1.82, 2.24) is 0 Å². The average Bonchev–Trinajstić information content (AvgIpc) is 2.41. The standard InChI is InChI=1S/C21H38O4/c1-8-9-10-11-12-13-14-15-16-17(18(22)24-20(2,3)4)19(23)25-21(5,6)7/h8,17H,1,9-16H2,2-7H3. The molecule has 0 spiro atoms. The third kappa shape index (κ3) is 13.6. The summed E-state index contributed by atoms with van der Waals surface area (Å²) in [6.45, 7) is 14.6. The lowest BCUT2D eigenvalue weighted by molar-refractivity contribution is -0.174. The van der Waals surface area contributed by atoms with Crippen molar-refractivity contribution in [3.63, 3.8) is 0 Å². The fourth-order valence-corrected chi connectivity index (χ4v) is 2.42. The molecule has 0 aliphatic rings. The molecular weight excluding hydrogens is 316 g/mol. The Hall–Kier alpha value is -1.32. The molecule has 0 aromatic rings. The summed E-state index contributed by atoms with van der Waals surface area (Å²) in [7, 11) is 0. The van der Waals surface area contributed by atoms with E-state index in [1.54, 1.807) is 41.5 Å². The van der Waals surface area contributed by atoms with E-state index in [4.69, 9.17) is 9.47 Å². The maximum Gasteiger partial charge on any atom is 0.320 e. The number of hydrogen-bond acceptors (Lipinski definition) is 4. The van der Waals surface area contributed by atoms with E-state index in [2.05, 4.69) is 6.58 Å². The maximum absolute atomic E-state index is 12.4. The summed E-state index contributed by atoms with van der Waals surface area (Å²) in [6.07, 6.45) is 10.0. The summed E-state index contributed by atoms with van der Waals surface area (Å²) in [6, 6.07) is 0. The van der Waals surface area contributed by atoms with Gasteiger partial charge in [0.25, 0.3) is 0 Å². The molecule has 0 radical (unpaired) electrons. The van der Waals surface area contributed by atoms with Crippen LogP contribution in [0.5, 0.6) is 0 Å². The molecule has 0 aromatic heterocycles. The molecule has 0 saturated carbocycles. The van der Waals surface area contributed by atoms with E-state index in [9.17, 15) is 9.59 Å². The Balaban J connectivity index is 4.47. The predicted molar refractivity (Wildman–Crippen MR) is 102 cm³/mol. The topological polar surface area (TPSA) is 52.6 Å². The van der Waals surface area contributed by atoms with Gasteiger partial charge in [0.1, 0.15) is 11.2 Å². The Morgan fingerprint density at radius 1 is 0.800 bits per heavy atom. The normalized spacial score (nSPS) is 12.1. The van der Waals surface area contributed by atoms with Gasteiger partial charge in [0.15, 0.2) is 5.92 Å². The van der Waals surface area contributed by atoms with E-state index in [1.807, 2.05) is 6.08 Å². The zero-order valence-electron chi connectivity index (χ0n) is 17.2. The average molecular weight is 355 g/mol. The van der Waals surface area contributed by atoms with Crippen LogP contribution >= 0.6 is 0 Å². The smallest absolute Gasteiger partial charge is 0.320 e. The van der Waals surface area contributed by atoms with Gasteiger partial charge in [0, 0.05) is 0 Å². The Labute approximate surface area is 154 Å². The lowest BCUT2D eigenvalue weighted by atomic mass is 9.99. The molecule has 4 nitrogen and oxygen atoms in total. The molecule has 0 amide bonds. The Morgan fingerprint density at radius 2 is 1.20 bits per heavy atom. The molecule has 0 unspecified atom stereocenters. The van der Waals surface area contributed by atoms with Crippen LogP contribution < -0.4 is 0 Å². The second-order valence-electron chi connectivity index (χ2n) is 8.61. The molecule has 0 heterocycles. The molecule has 0 rings (SSSR count). The molecule has 0 fully saturated rings. The SMILES string of the molecule is C=CCCCCCCCCC(C(=O)OC(C)(C)C)C(=O)OC(C)(C)C. The van der Waals surface area contributed by atoms with Crippen molar-refractivity contribution < 1.29 is 19.1 Å². The molecule has 0 aliphatic heterocycles. The zero-order valence-corrected chi connectivity index (χ0v) is 17.2. The zero-order chi connectivity index (χ0) is 19.5. The number of allylic oxidation sites excluding steroid dienone is 1. The minimum absolute atomic E-state index is 0.479. The highest BCUT2D eigenvalue weighted by Gasteiger charge is 2.34. The van der Waals surface area contributed by atoms with E-state index >= 15 is 0 Å². The fourth-order valence-electron chi connectivity index (χ4n) is 2.42. The van der Waals surface area contributed by atoms with Crippen LogP contribution in [0.15, 0.2) is 12.7 Å². The lowest BCUT2D eigenvalue weighted by Crippen LogP contribution is -2.36. The number of ether oxygens (including phenoxy) is 2. The first kappa shape index (κ1) is 23.7. The van der Waals surface area contributed by atoms with Gasteiger partial charge in [0.05, 0.1) is 0 Å². The quantitative estimate of drug-likeness (QED) is 0.210. The van der Waals surface area contributed by atoms with E-state index in [0.29, 0.717) is 6.42 Å².